The Bertz CT molecular complexity index is 5010. The Morgan fingerprint density at radius 2 is 1.29 bits per heavy atom. The van der Waals surface area contributed by atoms with E-state index in [4.69, 9.17) is 73.7 Å². The monoisotopic (exact) mass is 1690 g/mol. The zero-order valence-electron chi connectivity index (χ0n) is 63.4. The van der Waals surface area contributed by atoms with Crippen LogP contribution in [-0.4, -0.2) is 196 Å². The van der Waals surface area contributed by atoms with E-state index in [1.807, 2.05) is 13.8 Å². The maximum absolute atomic E-state index is 16.2. The number of aliphatic hydroxyl groups is 6. The first-order valence-corrected chi connectivity index (χ1v) is 38.2. The molecule has 11 bridgehead atoms. The van der Waals surface area contributed by atoms with Crippen LogP contribution >= 0.6 is 34.8 Å². The summed E-state index contributed by atoms with van der Waals surface area (Å²) in [5, 5.41) is 148. The lowest BCUT2D eigenvalue weighted by Gasteiger charge is -2.48. The van der Waals surface area contributed by atoms with Crippen molar-refractivity contribution >= 4 is 82.1 Å². The van der Waals surface area contributed by atoms with Crippen LogP contribution in [0, 0.1) is 5.92 Å². The number of aliphatic hydroxyl groups excluding tert-OH is 6. The fourth-order valence-electron chi connectivity index (χ4n) is 14.5. The summed E-state index contributed by atoms with van der Waals surface area (Å²) in [6, 6.07) is 10.7. The first kappa shape index (κ1) is 86.5. The number of carboxylic acid groups (broad SMARTS) is 1. The maximum atomic E-state index is 16.2. The normalized spacial score (nSPS) is 26.8. The minimum Gasteiger partial charge on any atom is -0.508 e. The highest BCUT2D eigenvalue weighted by Crippen LogP contribution is 2.50. The van der Waals surface area contributed by atoms with Crippen LogP contribution in [0.25, 0.3) is 11.1 Å². The van der Waals surface area contributed by atoms with Crippen molar-refractivity contribution in [3.8, 4) is 68.6 Å². The van der Waals surface area contributed by atoms with Crippen LogP contribution in [0.2, 0.25) is 15.1 Å². The van der Waals surface area contributed by atoms with Gasteiger partial charge in [0.1, 0.15) is 96.1 Å². The zero-order chi connectivity index (χ0) is 85.2. The summed E-state index contributed by atoms with van der Waals surface area (Å²) >= 11 is 20.3. The molecule has 7 aliphatic heterocycles. The molecule has 2 fully saturated rings. The number of likely N-dealkylation sites (N-methyl/N-ethyl adjacent to an activating group) is 1. The van der Waals surface area contributed by atoms with Crippen LogP contribution in [0.5, 0.6) is 57.5 Å². The fraction of sp³-hybridized carbons (Fsp3) is 0.375. The van der Waals surface area contributed by atoms with Crippen molar-refractivity contribution in [3.63, 3.8) is 0 Å². The predicted molar refractivity (Wildman–Crippen MR) is 416 cm³/mol. The molecule has 7 amide bonds. The van der Waals surface area contributed by atoms with Gasteiger partial charge in [0.25, 0.3) is 0 Å². The second-order valence-electron chi connectivity index (χ2n) is 29.7. The van der Waals surface area contributed by atoms with Crippen molar-refractivity contribution in [2.75, 3.05) is 13.7 Å². The zero-order valence-corrected chi connectivity index (χ0v) is 65.7. The van der Waals surface area contributed by atoms with Crippen LogP contribution in [0.1, 0.15) is 116 Å². The molecule has 14 rings (SSSR count). The number of aromatic hydroxyl groups is 4. The van der Waals surface area contributed by atoms with Crippen LogP contribution < -0.4 is 67.2 Å². The number of rotatable bonds is 19. The Hall–Kier alpha value is -10.9. The summed E-state index contributed by atoms with van der Waals surface area (Å²) in [5.41, 5.74) is 2.81. The molecule has 35 nitrogen and oxygen atoms in total. The van der Waals surface area contributed by atoms with E-state index in [1.165, 1.54) is 32.2 Å². The molecule has 7 heterocycles. The summed E-state index contributed by atoms with van der Waals surface area (Å²) in [7, 11) is 1.47. The summed E-state index contributed by atoms with van der Waals surface area (Å²) in [4.78, 5) is 118. The van der Waals surface area contributed by atoms with E-state index in [1.54, 1.807) is 43.3 Å². The van der Waals surface area contributed by atoms with Gasteiger partial charge in [0.2, 0.25) is 53.4 Å². The number of ether oxygens (including phenoxy) is 7. The molecule has 38 heteroatoms. The molecule has 118 heavy (non-hydrogen) atoms. The number of carbonyl (C=O) groups excluding carboxylic acids is 7. The highest BCUT2D eigenvalue weighted by Gasteiger charge is 2.52. The molecule has 7 aromatic rings. The quantitative estimate of drug-likeness (QED) is 0.0546. The van der Waals surface area contributed by atoms with Gasteiger partial charge in [-0.25, -0.2) is 4.79 Å². The van der Waals surface area contributed by atoms with Crippen molar-refractivity contribution in [1.29, 1.82) is 0 Å². The molecule has 0 spiro atoms. The second-order valence-corrected chi connectivity index (χ2v) is 30.9. The highest BCUT2D eigenvalue weighted by molar-refractivity contribution is 6.32. The van der Waals surface area contributed by atoms with E-state index in [0.29, 0.717) is 10.6 Å². The maximum Gasteiger partial charge on any atom is 0.330 e. The topological polar surface area (TPSA) is 546 Å². The molecule has 18 atom stereocenters. The number of nitrogens with one attached hydrogen (secondary N) is 8. The van der Waals surface area contributed by atoms with Crippen molar-refractivity contribution in [3.05, 3.63) is 175 Å². The molecular formula is C80H86Cl3N9O26. The third-order valence-electron chi connectivity index (χ3n) is 20.8. The number of fused-ring (bicyclic) bond motifs is 15. The van der Waals surface area contributed by atoms with Gasteiger partial charge in [0, 0.05) is 46.3 Å². The SMILES string of the molecule is CN[C@H](CC(C)C)C(=O)N[C@H]1C(=O)N[C@@H](CC(N)=O)C(=O)N[C@H]2C(=O)N[C@H]3C(=O)N[C@H](C(=O)N[C@H](C(=O)O)c4cc(O)cc(O)c4-c4cc3ccc4O)[C@H](O)c3ccc(c(Cl)c3)Oc3cc2cc(c3O[C@@H]2O[C@H](CO)[C@@H](O)[C@H](O)[C@H]2O[C@H]2C[C@](C)(NCc3ccc(OCc4ccc(Cl)cc4)c(O)c3)[C@H](O)[C@H](C)O2)Oc2ccc(cc2Cl)[C@H]1O. The van der Waals surface area contributed by atoms with Gasteiger partial charge in [0.15, 0.2) is 41.4 Å². The lowest BCUT2D eigenvalue weighted by Crippen LogP contribution is -2.65. The number of carbonyl (C=O) groups is 8. The van der Waals surface area contributed by atoms with E-state index in [0.717, 1.165) is 72.3 Å². The van der Waals surface area contributed by atoms with E-state index in [9.17, 15) is 80.1 Å². The number of carboxylic acids is 1. The fourth-order valence-corrected chi connectivity index (χ4v) is 15.1. The minimum absolute atomic E-state index is 0.0140. The molecule has 0 aliphatic carbocycles. The number of phenolic OH excluding ortho intramolecular Hbond substituents is 4. The van der Waals surface area contributed by atoms with Crippen LogP contribution in [0.4, 0.5) is 0 Å². The molecule has 628 valence electrons. The van der Waals surface area contributed by atoms with Gasteiger partial charge in [-0.05, 0) is 145 Å². The molecule has 7 aliphatic rings. The molecule has 21 N–H and O–H groups in total. The number of nitrogens with two attached hydrogens (primary N) is 1. The Kier molecular flexibility index (Phi) is 26.5. The van der Waals surface area contributed by atoms with E-state index in [2.05, 4.69) is 42.5 Å². The molecule has 2 saturated heterocycles. The Balaban J connectivity index is 1.02. The van der Waals surface area contributed by atoms with Crippen molar-refractivity contribution in [2.45, 2.75) is 169 Å². The number of amides is 7. The number of primary amides is 1. The van der Waals surface area contributed by atoms with Gasteiger partial charge in [-0.2, -0.15) is 0 Å². The number of benzene rings is 7. The lowest BCUT2D eigenvalue weighted by molar-refractivity contribution is -0.334. The standard InChI is InChI=1S/C80H86Cl3N9O26/c1-32(2)18-46(85-5)72(104)91-63-65(99)37-10-16-51(44(82)21-37)114-54-23-39-24-55(69(54)118-79-70(68(102)67(101)56(30-93)116-79)117-58-28-80(4,71(103)33(3)113-58)86-29-35-8-15-53(49(96)19-35)112-31-34-6-12-40(81)13-7-34)115-52-17-11-38(22-45(52)83)66(100)64-77(109)90-62(78(110)111)43-25-41(94)26-50(97)59(43)42-20-36(9-14-48(42)95)60(74(106)92-64)89-75(107)61(39)88-73(105)47(27-57(84)98)87-76(63)108/h6-17,19-26,32-33,46-47,56,58,60-68,70-71,79,85-86,93-97,99-103H,18,27-31H2,1-5H3,(H2,84,98)(H,87,108)(H,88,105)(H,89,107)(H,90,109)(H,91,104)(H,92,106)(H,110,111)/t33-,46+,47-,56+,58-,60+,61+,62-,63+,64-,65+,66+,67+,68-,70+,71+,79-,80-/m0/s1. The van der Waals surface area contributed by atoms with Gasteiger partial charge in [-0.15, -0.1) is 0 Å². The first-order chi connectivity index (χ1) is 56.0. The van der Waals surface area contributed by atoms with Crippen LogP contribution in [-0.2, 0) is 65.7 Å². The Morgan fingerprint density at radius 1 is 0.661 bits per heavy atom. The first-order valence-electron chi connectivity index (χ1n) is 37.1. The second kappa shape index (κ2) is 36.2. The average Bonchev–Trinajstić information content (AvgIpc) is 0.767. The third kappa shape index (κ3) is 19.0. The van der Waals surface area contributed by atoms with Crippen LogP contribution in [0.3, 0.4) is 0 Å². The summed E-state index contributed by atoms with van der Waals surface area (Å²) in [6.45, 7) is 5.92. The van der Waals surface area contributed by atoms with Gasteiger partial charge in [-0.1, -0.05) is 85.0 Å². The number of aliphatic carboxylic acids is 1. The molecular weight excluding hydrogens is 1610 g/mol. The summed E-state index contributed by atoms with van der Waals surface area (Å²) < 4.78 is 45.2. The smallest absolute Gasteiger partial charge is 0.330 e. The largest absolute Gasteiger partial charge is 0.508 e. The van der Waals surface area contributed by atoms with Gasteiger partial charge < -0.3 is 138 Å². The van der Waals surface area contributed by atoms with Gasteiger partial charge >= 0.3 is 5.97 Å². The van der Waals surface area contributed by atoms with E-state index >= 15 is 14.4 Å². The van der Waals surface area contributed by atoms with E-state index in [-0.39, 0.29) is 70.9 Å². The molecule has 7 aromatic carbocycles. The third-order valence-corrected chi connectivity index (χ3v) is 21.6. The number of hydrogen-bond donors (Lipinski definition) is 20. The number of hydrogen-bond acceptors (Lipinski definition) is 27. The van der Waals surface area contributed by atoms with Gasteiger partial charge in [0.05, 0.1) is 41.3 Å². The Labute approximate surface area is 687 Å². The lowest BCUT2D eigenvalue weighted by atomic mass is 9.84. The Morgan fingerprint density at radius 3 is 1.91 bits per heavy atom. The van der Waals surface area contributed by atoms with Gasteiger partial charge in [-0.3, -0.25) is 33.6 Å². The molecule has 0 radical (unpaired) electrons. The van der Waals surface area contributed by atoms with E-state index < -0.39 is 237 Å². The van der Waals surface area contributed by atoms with Crippen molar-refractivity contribution in [2.24, 2.45) is 11.7 Å². The van der Waals surface area contributed by atoms with Crippen molar-refractivity contribution in [1.82, 2.24) is 42.5 Å². The predicted octanol–water partition coefficient (Wildman–Crippen LogP) is 3.88. The highest BCUT2D eigenvalue weighted by atomic mass is 35.5. The summed E-state index contributed by atoms with van der Waals surface area (Å²) in [5.74, 6) is -16.3. The molecule has 0 aromatic heterocycles. The number of phenols is 4. The van der Waals surface area contributed by atoms with Crippen molar-refractivity contribution < 1.29 is 128 Å². The molecule has 0 saturated carbocycles. The number of halogens is 3. The minimum atomic E-state index is -2.38. The van der Waals surface area contributed by atoms with Crippen LogP contribution in [0.15, 0.2) is 121 Å². The summed E-state index contributed by atoms with van der Waals surface area (Å²) in [6.07, 6.45) is -19.2. The molecule has 0 unspecified atom stereocenters. The average molecular weight is 1700 g/mol.